The maximum atomic E-state index is 13.0. The number of rotatable bonds is 16. The average molecular weight is 464 g/mol. The van der Waals surface area contributed by atoms with Gasteiger partial charge in [-0.05, 0) is 42.4 Å². The Bertz CT molecular complexity index is 745. The van der Waals surface area contributed by atoms with Crippen molar-refractivity contribution in [2.45, 2.75) is 67.3 Å². The van der Waals surface area contributed by atoms with E-state index in [0.29, 0.717) is 57.2 Å². The van der Waals surface area contributed by atoms with Crippen LogP contribution in [0.25, 0.3) is 0 Å². The van der Waals surface area contributed by atoms with Crippen LogP contribution in [0.1, 0.15) is 87.1 Å². The van der Waals surface area contributed by atoms with Crippen LogP contribution in [0.3, 0.4) is 0 Å². The molecule has 0 aliphatic carbocycles. The van der Waals surface area contributed by atoms with Gasteiger partial charge in [0.2, 0.25) is 0 Å². The largest absolute Gasteiger partial charge is 0.380 e. The van der Waals surface area contributed by atoms with E-state index in [0.717, 1.165) is 24.8 Å². The van der Waals surface area contributed by atoms with Gasteiger partial charge in [0.15, 0.2) is 0 Å². The Kier molecular flexibility index (Phi) is 12.6. The van der Waals surface area contributed by atoms with E-state index < -0.39 is 0 Å². The molecule has 0 heterocycles. The molecular formula is C26H45N3O4. The van der Waals surface area contributed by atoms with Gasteiger partial charge in [-0.3, -0.25) is 9.59 Å². The number of nitrogens with two attached hydrogens (primary N) is 1. The van der Waals surface area contributed by atoms with E-state index in [-0.39, 0.29) is 22.6 Å². The highest BCUT2D eigenvalue weighted by molar-refractivity contribution is 6.07. The molecule has 1 aromatic rings. The molecule has 0 bridgehead atoms. The summed E-state index contributed by atoms with van der Waals surface area (Å²) in [4.78, 5) is 25.7. The van der Waals surface area contributed by atoms with Crippen molar-refractivity contribution < 1.29 is 19.1 Å². The van der Waals surface area contributed by atoms with Gasteiger partial charge in [-0.1, -0.05) is 47.6 Å². The zero-order chi connectivity index (χ0) is 24.9. The molecular weight excluding hydrogens is 418 g/mol. The van der Waals surface area contributed by atoms with Crippen LogP contribution in [0.2, 0.25) is 0 Å². The molecule has 0 atom stereocenters. The Hall–Kier alpha value is -1.96. The van der Waals surface area contributed by atoms with Crippen LogP contribution in [0.5, 0.6) is 0 Å². The summed E-state index contributed by atoms with van der Waals surface area (Å²) in [7, 11) is 0. The van der Waals surface area contributed by atoms with Gasteiger partial charge < -0.3 is 25.8 Å². The van der Waals surface area contributed by atoms with Gasteiger partial charge in [-0.25, -0.2) is 0 Å². The van der Waals surface area contributed by atoms with Crippen molar-refractivity contribution in [2.24, 2.45) is 16.6 Å². The fourth-order valence-corrected chi connectivity index (χ4v) is 3.18. The number of benzene rings is 1. The number of hydrogen-bond donors (Lipinski definition) is 3. The smallest absolute Gasteiger partial charge is 0.252 e. The molecule has 33 heavy (non-hydrogen) atoms. The molecule has 0 spiro atoms. The molecule has 0 aliphatic heterocycles. The minimum atomic E-state index is -0.301. The third kappa shape index (κ3) is 10.2. The Morgan fingerprint density at radius 3 is 2.18 bits per heavy atom. The second-order valence-electron chi connectivity index (χ2n) is 9.81. The summed E-state index contributed by atoms with van der Waals surface area (Å²) in [5.41, 5.74) is 7.14. The van der Waals surface area contributed by atoms with Crippen molar-refractivity contribution in [3.63, 3.8) is 0 Å². The van der Waals surface area contributed by atoms with Crippen LogP contribution in [-0.2, 0) is 16.0 Å². The minimum Gasteiger partial charge on any atom is -0.380 e. The molecule has 2 amide bonds. The van der Waals surface area contributed by atoms with E-state index in [1.807, 2.05) is 6.92 Å². The maximum absolute atomic E-state index is 13.0. The van der Waals surface area contributed by atoms with E-state index in [9.17, 15) is 9.59 Å². The van der Waals surface area contributed by atoms with Crippen molar-refractivity contribution >= 4 is 11.8 Å². The monoisotopic (exact) mass is 463 g/mol. The van der Waals surface area contributed by atoms with Crippen molar-refractivity contribution in [1.82, 2.24) is 10.6 Å². The molecule has 0 radical (unpaired) electrons. The third-order valence-corrected chi connectivity index (χ3v) is 6.07. The first kappa shape index (κ1) is 29.1. The van der Waals surface area contributed by atoms with Crippen molar-refractivity contribution in [2.75, 3.05) is 39.5 Å². The fraction of sp³-hybridized carbons (Fsp3) is 0.692. The zero-order valence-corrected chi connectivity index (χ0v) is 21.5. The summed E-state index contributed by atoms with van der Waals surface area (Å²) < 4.78 is 11.4. The number of carbonyl (C=O) groups excluding carboxylic acids is 2. The summed E-state index contributed by atoms with van der Waals surface area (Å²) in [6, 6.07) is 5.12. The van der Waals surface area contributed by atoms with E-state index in [1.165, 1.54) is 0 Å². The lowest BCUT2D eigenvalue weighted by Gasteiger charge is -2.30. The van der Waals surface area contributed by atoms with Crippen LogP contribution >= 0.6 is 0 Å². The number of nitrogens with one attached hydrogen (secondary N) is 2. The Morgan fingerprint density at radius 1 is 0.909 bits per heavy atom. The van der Waals surface area contributed by atoms with Gasteiger partial charge in [0.1, 0.15) is 0 Å². The summed E-state index contributed by atoms with van der Waals surface area (Å²) in [5.74, 6) is -0.595. The van der Waals surface area contributed by atoms with Crippen LogP contribution in [0.4, 0.5) is 0 Å². The molecule has 1 aromatic carbocycles. The standard InChI is InChI=1S/C26H45N3O4/c1-7-13-32-14-12-28-23(30)21-11-10-20(16-27)15-22(21)24(31)29-17-25(4,5)18-33-19-26(6,8-2)9-3/h10-11,15H,7-9,12-14,16-19,27H2,1-6H3,(H,28,30)(H,29,31). The predicted octanol–water partition coefficient (Wildman–Crippen LogP) is 3.90. The SMILES string of the molecule is CCCOCCNC(=O)c1ccc(CN)cc1C(=O)NCC(C)(C)COCC(C)(CC)CC. The zero-order valence-electron chi connectivity index (χ0n) is 21.5. The quantitative estimate of drug-likeness (QED) is 0.323. The molecule has 0 aromatic heterocycles. The second-order valence-corrected chi connectivity index (χ2v) is 9.81. The topological polar surface area (TPSA) is 103 Å². The molecule has 0 saturated heterocycles. The molecule has 188 valence electrons. The Morgan fingerprint density at radius 2 is 1.58 bits per heavy atom. The maximum Gasteiger partial charge on any atom is 0.252 e. The summed E-state index contributed by atoms with van der Waals surface area (Å²) in [6.45, 7) is 16.2. The van der Waals surface area contributed by atoms with Crippen LogP contribution in [0.15, 0.2) is 18.2 Å². The van der Waals surface area contributed by atoms with Crippen LogP contribution < -0.4 is 16.4 Å². The molecule has 1 rings (SSSR count). The first-order valence-corrected chi connectivity index (χ1v) is 12.2. The molecule has 7 nitrogen and oxygen atoms in total. The van der Waals surface area contributed by atoms with Crippen LogP contribution in [0, 0.1) is 10.8 Å². The average Bonchev–Trinajstić information content (AvgIpc) is 2.81. The van der Waals surface area contributed by atoms with Gasteiger partial charge in [0.25, 0.3) is 11.8 Å². The normalized spacial score (nSPS) is 12.0. The lowest BCUT2D eigenvalue weighted by atomic mass is 9.85. The van der Waals surface area contributed by atoms with Crippen molar-refractivity contribution in [3.8, 4) is 0 Å². The van der Waals surface area contributed by atoms with Gasteiger partial charge in [0, 0.05) is 31.7 Å². The highest BCUT2D eigenvalue weighted by atomic mass is 16.5. The van der Waals surface area contributed by atoms with E-state index in [1.54, 1.807) is 18.2 Å². The lowest BCUT2D eigenvalue weighted by molar-refractivity contribution is 0.00635. The van der Waals surface area contributed by atoms with Gasteiger partial charge in [0.05, 0.1) is 30.9 Å². The summed E-state index contributed by atoms with van der Waals surface area (Å²) >= 11 is 0. The van der Waals surface area contributed by atoms with Crippen LogP contribution in [-0.4, -0.2) is 51.3 Å². The van der Waals surface area contributed by atoms with E-state index in [2.05, 4.69) is 45.3 Å². The van der Waals surface area contributed by atoms with Crippen molar-refractivity contribution in [1.29, 1.82) is 0 Å². The Balaban J connectivity index is 2.76. The summed E-state index contributed by atoms with van der Waals surface area (Å²) in [6.07, 6.45) is 3.05. The third-order valence-electron chi connectivity index (χ3n) is 6.07. The molecule has 0 aliphatic rings. The lowest BCUT2D eigenvalue weighted by Crippen LogP contribution is -2.38. The van der Waals surface area contributed by atoms with Gasteiger partial charge >= 0.3 is 0 Å². The molecule has 0 saturated carbocycles. The minimum absolute atomic E-state index is 0.172. The second kappa shape index (κ2) is 14.3. The number of amides is 2. The molecule has 7 heteroatoms. The highest BCUT2D eigenvalue weighted by Crippen LogP contribution is 2.26. The molecule has 0 unspecified atom stereocenters. The Labute approximate surface area is 200 Å². The highest BCUT2D eigenvalue weighted by Gasteiger charge is 2.25. The van der Waals surface area contributed by atoms with Crippen molar-refractivity contribution in [3.05, 3.63) is 34.9 Å². The molecule has 4 N–H and O–H groups in total. The van der Waals surface area contributed by atoms with E-state index >= 15 is 0 Å². The summed E-state index contributed by atoms with van der Waals surface area (Å²) in [5, 5.41) is 5.80. The number of hydrogen-bond acceptors (Lipinski definition) is 5. The fourth-order valence-electron chi connectivity index (χ4n) is 3.18. The number of carbonyl (C=O) groups is 2. The van der Waals surface area contributed by atoms with Gasteiger partial charge in [-0.2, -0.15) is 0 Å². The van der Waals surface area contributed by atoms with E-state index in [4.69, 9.17) is 15.2 Å². The van der Waals surface area contributed by atoms with Gasteiger partial charge in [-0.15, -0.1) is 0 Å². The first-order chi connectivity index (χ1) is 15.6. The predicted molar refractivity (Wildman–Crippen MR) is 133 cm³/mol. The first-order valence-electron chi connectivity index (χ1n) is 12.2. The molecule has 0 fully saturated rings. The number of ether oxygens (including phenoxy) is 2.